The average molecular weight is 322 g/mol. The highest BCUT2D eigenvalue weighted by Gasteiger charge is 2.19. The van der Waals surface area contributed by atoms with Crippen LogP contribution in [0.25, 0.3) is 0 Å². The number of esters is 1. The Morgan fingerprint density at radius 1 is 1.30 bits per heavy atom. The van der Waals surface area contributed by atoms with Crippen LogP contribution < -0.4 is 0 Å². The zero-order valence-electron chi connectivity index (χ0n) is 14.5. The molecule has 0 aromatic heterocycles. The number of aliphatic carboxylic acids is 1. The minimum Gasteiger partial charge on any atom is -0.508 e. The standard InChI is InChI=1S/C14H20O3.C4H6O2/c1-9-7-11(14(2,3)4)12(15)8-10(9)5-6-13(16)17;1-3-6-4(2)5/h7-8,15H,5-6H2,1-4H3,(H,16,17);3H,1H2,2H3. The van der Waals surface area contributed by atoms with E-state index in [-0.39, 0.29) is 23.6 Å². The minimum atomic E-state index is -0.816. The van der Waals surface area contributed by atoms with Crippen LogP contribution in [-0.2, 0) is 26.2 Å². The molecule has 5 heteroatoms. The largest absolute Gasteiger partial charge is 0.508 e. The molecule has 0 spiro atoms. The second kappa shape index (κ2) is 8.98. The lowest BCUT2D eigenvalue weighted by Gasteiger charge is -2.22. The average Bonchev–Trinajstić information content (AvgIpc) is 2.38. The minimum absolute atomic E-state index is 0.0924. The smallest absolute Gasteiger partial charge is 0.307 e. The Hall–Kier alpha value is -2.30. The molecule has 128 valence electrons. The van der Waals surface area contributed by atoms with Crippen LogP contribution in [0.5, 0.6) is 5.75 Å². The molecular weight excluding hydrogens is 296 g/mol. The van der Waals surface area contributed by atoms with Gasteiger partial charge in [0.05, 0.1) is 6.26 Å². The van der Waals surface area contributed by atoms with Crippen molar-refractivity contribution >= 4 is 11.9 Å². The zero-order valence-corrected chi connectivity index (χ0v) is 14.5. The van der Waals surface area contributed by atoms with E-state index in [9.17, 15) is 14.7 Å². The predicted molar refractivity (Wildman–Crippen MR) is 89.5 cm³/mol. The number of carboxylic acid groups (broad SMARTS) is 1. The summed E-state index contributed by atoms with van der Waals surface area (Å²) < 4.78 is 4.17. The third-order valence-corrected chi connectivity index (χ3v) is 3.12. The molecule has 0 aliphatic rings. The second-order valence-corrected chi connectivity index (χ2v) is 6.22. The van der Waals surface area contributed by atoms with Crippen LogP contribution in [-0.4, -0.2) is 22.2 Å². The van der Waals surface area contributed by atoms with Crippen molar-refractivity contribution in [2.24, 2.45) is 0 Å². The summed E-state index contributed by atoms with van der Waals surface area (Å²) in [5.74, 6) is -0.891. The highest BCUT2D eigenvalue weighted by Crippen LogP contribution is 2.33. The summed E-state index contributed by atoms with van der Waals surface area (Å²) in [4.78, 5) is 20.3. The van der Waals surface area contributed by atoms with E-state index in [1.54, 1.807) is 6.07 Å². The molecule has 0 bridgehead atoms. The van der Waals surface area contributed by atoms with Crippen molar-refractivity contribution < 1.29 is 24.5 Å². The molecule has 0 unspecified atom stereocenters. The van der Waals surface area contributed by atoms with Gasteiger partial charge in [-0.1, -0.05) is 33.4 Å². The van der Waals surface area contributed by atoms with Gasteiger partial charge in [0.25, 0.3) is 0 Å². The monoisotopic (exact) mass is 322 g/mol. The maximum atomic E-state index is 10.5. The van der Waals surface area contributed by atoms with Crippen LogP contribution in [0.3, 0.4) is 0 Å². The molecule has 0 atom stereocenters. The van der Waals surface area contributed by atoms with Crippen molar-refractivity contribution in [1.29, 1.82) is 0 Å². The number of aryl methyl sites for hydroxylation is 2. The van der Waals surface area contributed by atoms with Gasteiger partial charge in [-0.25, -0.2) is 0 Å². The molecule has 0 saturated carbocycles. The van der Waals surface area contributed by atoms with E-state index in [2.05, 4.69) is 11.3 Å². The number of benzene rings is 1. The molecule has 0 heterocycles. The number of carboxylic acids is 1. The molecule has 1 rings (SSSR count). The van der Waals surface area contributed by atoms with Gasteiger partial charge < -0.3 is 14.9 Å². The molecule has 0 radical (unpaired) electrons. The number of carbonyl (C=O) groups excluding carboxylic acids is 1. The Balaban J connectivity index is 0.000000688. The van der Waals surface area contributed by atoms with E-state index in [1.165, 1.54) is 6.92 Å². The van der Waals surface area contributed by atoms with Gasteiger partial charge in [-0.05, 0) is 41.5 Å². The quantitative estimate of drug-likeness (QED) is 0.652. The molecular formula is C18H26O5. The number of hydrogen-bond acceptors (Lipinski definition) is 4. The normalized spacial score (nSPS) is 10.3. The fourth-order valence-corrected chi connectivity index (χ4v) is 1.97. The SMILES string of the molecule is C=COC(C)=O.Cc1cc(C(C)(C)C)c(O)cc1CCC(=O)O. The number of ether oxygens (including phenoxy) is 1. The zero-order chi connectivity index (χ0) is 18.2. The van der Waals surface area contributed by atoms with E-state index >= 15 is 0 Å². The number of aromatic hydroxyl groups is 1. The van der Waals surface area contributed by atoms with Crippen LogP contribution in [0.4, 0.5) is 0 Å². The lowest BCUT2D eigenvalue weighted by molar-refractivity contribution is -0.137. The van der Waals surface area contributed by atoms with E-state index < -0.39 is 5.97 Å². The third kappa shape index (κ3) is 8.04. The third-order valence-electron chi connectivity index (χ3n) is 3.12. The summed E-state index contributed by atoms with van der Waals surface area (Å²) in [6, 6.07) is 3.64. The van der Waals surface area contributed by atoms with Gasteiger partial charge in [0.1, 0.15) is 5.75 Å². The first-order valence-electron chi connectivity index (χ1n) is 7.32. The summed E-state index contributed by atoms with van der Waals surface area (Å²) >= 11 is 0. The van der Waals surface area contributed by atoms with Gasteiger partial charge in [0, 0.05) is 13.3 Å². The maximum absolute atomic E-state index is 10.5. The Labute approximate surface area is 137 Å². The number of phenolic OH excluding ortho intramolecular Hbond substituents is 1. The summed E-state index contributed by atoms with van der Waals surface area (Å²) in [6.45, 7) is 12.5. The molecule has 5 nitrogen and oxygen atoms in total. The van der Waals surface area contributed by atoms with E-state index in [4.69, 9.17) is 5.11 Å². The topological polar surface area (TPSA) is 83.8 Å². The first-order valence-corrected chi connectivity index (χ1v) is 7.32. The van der Waals surface area contributed by atoms with Crippen molar-refractivity contribution in [3.63, 3.8) is 0 Å². The number of phenols is 1. The van der Waals surface area contributed by atoms with Gasteiger partial charge in [0.15, 0.2) is 0 Å². The lowest BCUT2D eigenvalue weighted by Crippen LogP contribution is -2.12. The van der Waals surface area contributed by atoms with Gasteiger partial charge in [-0.3, -0.25) is 9.59 Å². The molecule has 1 aromatic rings. The highest BCUT2D eigenvalue weighted by molar-refractivity contribution is 5.67. The first-order chi connectivity index (χ1) is 10.5. The Morgan fingerprint density at radius 3 is 2.22 bits per heavy atom. The number of rotatable bonds is 4. The van der Waals surface area contributed by atoms with E-state index in [0.29, 0.717) is 6.42 Å². The number of hydrogen-bond donors (Lipinski definition) is 2. The fourth-order valence-electron chi connectivity index (χ4n) is 1.97. The maximum Gasteiger partial charge on any atom is 0.307 e. The Kier molecular flexibility index (Phi) is 8.08. The van der Waals surface area contributed by atoms with Crippen molar-refractivity contribution in [3.05, 3.63) is 41.7 Å². The van der Waals surface area contributed by atoms with E-state index in [0.717, 1.165) is 23.0 Å². The molecule has 0 saturated heterocycles. The molecule has 23 heavy (non-hydrogen) atoms. The summed E-state index contributed by atoms with van der Waals surface area (Å²) in [5, 5.41) is 18.6. The molecule has 2 N–H and O–H groups in total. The van der Waals surface area contributed by atoms with Crippen LogP contribution in [0.2, 0.25) is 0 Å². The second-order valence-electron chi connectivity index (χ2n) is 6.22. The van der Waals surface area contributed by atoms with Crippen molar-refractivity contribution in [2.45, 2.75) is 52.9 Å². The van der Waals surface area contributed by atoms with Gasteiger partial charge >= 0.3 is 11.9 Å². The molecule has 0 fully saturated rings. The summed E-state index contributed by atoms with van der Waals surface area (Å²) in [7, 11) is 0. The molecule has 0 aliphatic heterocycles. The van der Waals surface area contributed by atoms with Crippen molar-refractivity contribution in [1.82, 2.24) is 0 Å². The summed E-state index contributed by atoms with van der Waals surface area (Å²) in [5.41, 5.74) is 2.72. The molecule has 0 amide bonds. The fraction of sp³-hybridized carbons (Fsp3) is 0.444. The number of carbonyl (C=O) groups is 2. The van der Waals surface area contributed by atoms with Crippen LogP contribution in [0.1, 0.15) is 50.8 Å². The first kappa shape index (κ1) is 20.7. The summed E-state index contributed by atoms with van der Waals surface area (Å²) in [6.07, 6.45) is 1.65. The Morgan fingerprint density at radius 2 is 1.87 bits per heavy atom. The van der Waals surface area contributed by atoms with Crippen LogP contribution in [0, 0.1) is 6.92 Å². The Bertz CT molecular complexity index is 568. The van der Waals surface area contributed by atoms with Crippen LogP contribution >= 0.6 is 0 Å². The van der Waals surface area contributed by atoms with Gasteiger partial charge in [-0.15, -0.1) is 0 Å². The molecule has 1 aromatic carbocycles. The highest BCUT2D eigenvalue weighted by atomic mass is 16.5. The van der Waals surface area contributed by atoms with E-state index in [1.807, 2.05) is 33.8 Å². The van der Waals surface area contributed by atoms with Crippen molar-refractivity contribution in [2.75, 3.05) is 0 Å². The van der Waals surface area contributed by atoms with Gasteiger partial charge in [0.2, 0.25) is 0 Å². The molecule has 0 aliphatic carbocycles. The predicted octanol–water partition coefficient (Wildman–Crippen LogP) is 3.71. The van der Waals surface area contributed by atoms with Crippen molar-refractivity contribution in [3.8, 4) is 5.75 Å². The van der Waals surface area contributed by atoms with Gasteiger partial charge in [-0.2, -0.15) is 0 Å². The van der Waals surface area contributed by atoms with Crippen LogP contribution in [0.15, 0.2) is 25.0 Å². The lowest BCUT2D eigenvalue weighted by atomic mass is 9.84.